The van der Waals surface area contributed by atoms with Crippen molar-refractivity contribution in [3.8, 4) is 0 Å². The molecule has 2 aromatic heterocycles. The van der Waals surface area contributed by atoms with Crippen LogP contribution >= 0.6 is 11.3 Å². The van der Waals surface area contributed by atoms with Crippen LogP contribution in [0.4, 0.5) is 0 Å². The maximum absolute atomic E-state index is 13.2. The zero-order valence-electron chi connectivity index (χ0n) is 21.1. The summed E-state index contributed by atoms with van der Waals surface area (Å²) in [4.78, 5) is 48.6. The quantitative estimate of drug-likeness (QED) is 0.489. The molecule has 2 amide bonds. The van der Waals surface area contributed by atoms with Crippen LogP contribution in [-0.2, 0) is 11.3 Å². The van der Waals surface area contributed by atoms with Crippen LogP contribution < -0.4 is 10.9 Å². The fourth-order valence-electron chi connectivity index (χ4n) is 4.75. The van der Waals surface area contributed by atoms with Crippen LogP contribution in [0, 0.1) is 6.92 Å². The Morgan fingerprint density at radius 2 is 1.94 bits per heavy atom. The molecule has 8 nitrogen and oxygen atoms in total. The Labute approximate surface area is 206 Å². The van der Waals surface area contributed by atoms with Crippen molar-refractivity contribution in [2.75, 3.05) is 32.7 Å². The molecule has 1 aliphatic heterocycles. The third-order valence-corrected chi connectivity index (χ3v) is 7.77. The number of aromatic nitrogens is 2. The fourth-order valence-corrected chi connectivity index (χ4v) is 5.80. The second kappa shape index (κ2) is 12.4. The Bertz CT molecular complexity index is 1040. The van der Waals surface area contributed by atoms with Crippen molar-refractivity contribution in [1.29, 1.82) is 0 Å². The molecule has 188 valence electrons. The summed E-state index contributed by atoms with van der Waals surface area (Å²) in [6.07, 6.45) is 7.70. The van der Waals surface area contributed by atoms with Gasteiger partial charge in [-0.1, -0.05) is 13.8 Å². The van der Waals surface area contributed by atoms with Gasteiger partial charge in [0.15, 0.2) is 0 Å². The van der Waals surface area contributed by atoms with Crippen LogP contribution in [0.15, 0.2) is 11.1 Å². The van der Waals surface area contributed by atoms with Crippen LogP contribution in [0.5, 0.6) is 0 Å². The van der Waals surface area contributed by atoms with Crippen molar-refractivity contribution >= 4 is 33.4 Å². The first-order valence-electron chi connectivity index (χ1n) is 12.7. The maximum Gasteiger partial charge on any atom is 0.262 e. The van der Waals surface area contributed by atoms with Gasteiger partial charge in [0.2, 0.25) is 5.91 Å². The SMILES string of the molecule is CCCN(CCC)CCCNC(=O)c1sc2ncn(CC(=O)N3CCCC[C@@H]3C)c(=O)c2c1C. The van der Waals surface area contributed by atoms with Crippen molar-refractivity contribution in [2.45, 2.75) is 78.8 Å². The van der Waals surface area contributed by atoms with E-state index in [1.54, 1.807) is 6.92 Å². The molecule has 0 aromatic carbocycles. The molecule has 1 atom stereocenters. The molecule has 1 saturated heterocycles. The molecule has 3 rings (SSSR count). The molecule has 0 saturated carbocycles. The van der Waals surface area contributed by atoms with Crippen molar-refractivity contribution in [3.05, 3.63) is 27.1 Å². The van der Waals surface area contributed by atoms with E-state index < -0.39 is 0 Å². The summed E-state index contributed by atoms with van der Waals surface area (Å²) in [6, 6.07) is 0.197. The first-order valence-corrected chi connectivity index (χ1v) is 13.5. The number of fused-ring (bicyclic) bond motifs is 1. The standard InChI is InChI=1S/C25H39N5O3S/c1-5-12-28(13-6-2)14-9-11-26-23(32)22-19(4)21-24(34-22)27-17-29(25(21)33)16-20(31)30-15-8-7-10-18(30)3/h17-18H,5-16H2,1-4H3,(H,26,32)/t18-/m0/s1. The molecule has 0 unspecified atom stereocenters. The first-order chi connectivity index (χ1) is 16.4. The summed E-state index contributed by atoms with van der Waals surface area (Å²) in [5, 5.41) is 3.44. The van der Waals surface area contributed by atoms with E-state index >= 15 is 0 Å². The number of hydrogen-bond donors (Lipinski definition) is 1. The fraction of sp³-hybridized carbons (Fsp3) is 0.680. The molecule has 1 aliphatic rings. The molecule has 0 bridgehead atoms. The summed E-state index contributed by atoms with van der Waals surface area (Å²) < 4.78 is 1.38. The third-order valence-electron chi connectivity index (χ3n) is 6.57. The number of carbonyl (C=O) groups excluding carboxylic acids is 2. The number of rotatable bonds is 11. The van der Waals surface area contributed by atoms with Gasteiger partial charge in [-0.15, -0.1) is 11.3 Å². The molecule has 0 aliphatic carbocycles. The third kappa shape index (κ3) is 6.24. The molecular formula is C25H39N5O3S. The summed E-state index contributed by atoms with van der Waals surface area (Å²) in [6.45, 7) is 12.6. The number of nitrogens with zero attached hydrogens (tertiary/aromatic N) is 4. The van der Waals surface area contributed by atoms with E-state index in [1.165, 1.54) is 22.2 Å². The predicted octanol–water partition coefficient (Wildman–Crippen LogP) is 3.41. The second-order valence-electron chi connectivity index (χ2n) is 9.30. The number of nitrogens with one attached hydrogen (secondary N) is 1. The van der Waals surface area contributed by atoms with E-state index in [0.717, 1.165) is 64.7 Å². The molecule has 0 radical (unpaired) electrons. The van der Waals surface area contributed by atoms with E-state index in [0.29, 0.717) is 27.2 Å². The number of likely N-dealkylation sites (tertiary alicyclic amines) is 1. The summed E-state index contributed by atoms with van der Waals surface area (Å²) in [5.41, 5.74) is 0.382. The maximum atomic E-state index is 13.2. The van der Waals surface area contributed by atoms with Gasteiger partial charge in [-0.25, -0.2) is 4.98 Å². The lowest BCUT2D eigenvalue weighted by molar-refractivity contribution is -0.135. The number of thiophene rings is 1. The van der Waals surface area contributed by atoms with Gasteiger partial charge in [0, 0.05) is 19.1 Å². The number of carbonyl (C=O) groups is 2. The predicted molar refractivity (Wildman–Crippen MR) is 138 cm³/mol. The van der Waals surface area contributed by atoms with E-state index in [9.17, 15) is 14.4 Å². The molecule has 9 heteroatoms. The van der Waals surface area contributed by atoms with Crippen LogP contribution in [0.1, 0.15) is 74.5 Å². The second-order valence-corrected chi connectivity index (χ2v) is 10.3. The minimum atomic E-state index is -0.259. The van der Waals surface area contributed by atoms with Crippen LogP contribution in [-0.4, -0.2) is 69.9 Å². The van der Waals surface area contributed by atoms with Gasteiger partial charge in [-0.2, -0.15) is 0 Å². The smallest absolute Gasteiger partial charge is 0.262 e. The lowest BCUT2D eigenvalue weighted by Crippen LogP contribution is -2.44. The van der Waals surface area contributed by atoms with Gasteiger partial charge < -0.3 is 15.1 Å². The highest BCUT2D eigenvalue weighted by Crippen LogP contribution is 2.26. The van der Waals surface area contributed by atoms with E-state index in [4.69, 9.17) is 0 Å². The lowest BCUT2D eigenvalue weighted by atomic mass is 10.0. The molecule has 0 spiro atoms. The summed E-state index contributed by atoms with van der Waals surface area (Å²) >= 11 is 1.24. The Morgan fingerprint density at radius 3 is 2.62 bits per heavy atom. The van der Waals surface area contributed by atoms with Crippen LogP contribution in [0.2, 0.25) is 0 Å². The first kappa shape index (κ1) is 26.3. The van der Waals surface area contributed by atoms with E-state index in [2.05, 4.69) is 36.0 Å². The van der Waals surface area contributed by atoms with Crippen molar-refractivity contribution in [1.82, 2.24) is 24.7 Å². The van der Waals surface area contributed by atoms with E-state index in [1.807, 2.05) is 4.90 Å². The normalized spacial score (nSPS) is 16.4. The van der Waals surface area contributed by atoms with Gasteiger partial charge in [-0.05, 0) is 77.6 Å². The minimum Gasteiger partial charge on any atom is -0.351 e. The molecule has 2 aromatic rings. The topological polar surface area (TPSA) is 87.5 Å². The zero-order chi connectivity index (χ0) is 24.7. The van der Waals surface area contributed by atoms with Crippen LogP contribution in [0.3, 0.4) is 0 Å². The van der Waals surface area contributed by atoms with Crippen LogP contribution in [0.25, 0.3) is 10.2 Å². The largest absolute Gasteiger partial charge is 0.351 e. The van der Waals surface area contributed by atoms with Gasteiger partial charge in [0.05, 0.1) is 16.6 Å². The van der Waals surface area contributed by atoms with Gasteiger partial charge in [0.25, 0.3) is 11.5 Å². The highest BCUT2D eigenvalue weighted by atomic mass is 32.1. The summed E-state index contributed by atoms with van der Waals surface area (Å²) in [5.74, 6) is -0.219. The minimum absolute atomic E-state index is 0.0189. The lowest BCUT2D eigenvalue weighted by Gasteiger charge is -2.33. The number of aryl methyl sites for hydroxylation is 1. The Balaban J connectivity index is 1.66. The molecule has 34 heavy (non-hydrogen) atoms. The summed E-state index contributed by atoms with van der Waals surface area (Å²) in [7, 11) is 0. The van der Waals surface area contributed by atoms with Gasteiger partial charge >= 0.3 is 0 Å². The van der Waals surface area contributed by atoms with Gasteiger partial charge in [0.1, 0.15) is 11.4 Å². The van der Waals surface area contributed by atoms with Crippen molar-refractivity contribution in [3.63, 3.8) is 0 Å². The van der Waals surface area contributed by atoms with E-state index in [-0.39, 0.29) is 30.0 Å². The Hall–Kier alpha value is -2.26. The molecule has 1 fully saturated rings. The van der Waals surface area contributed by atoms with Crippen molar-refractivity contribution < 1.29 is 9.59 Å². The Kier molecular flexibility index (Phi) is 9.64. The van der Waals surface area contributed by atoms with Crippen molar-refractivity contribution in [2.24, 2.45) is 0 Å². The highest BCUT2D eigenvalue weighted by Gasteiger charge is 2.25. The van der Waals surface area contributed by atoms with Gasteiger partial charge in [-0.3, -0.25) is 19.0 Å². The molecule has 1 N–H and O–H groups in total. The monoisotopic (exact) mass is 489 g/mol. The molecule has 3 heterocycles. The highest BCUT2D eigenvalue weighted by molar-refractivity contribution is 7.20. The number of amides is 2. The number of piperidine rings is 1. The average Bonchev–Trinajstić information content (AvgIpc) is 3.16. The zero-order valence-corrected chi connectivity index (χ0v) is 21.9. The molecular weight excluding hydrogens is 450 g/mol. The Morgan fingerprint density at radius 1 is 1.21 bits per heavy atom. The number of hydrogen-bond acceptors (Lipinski definition) is 6. The average molecular weight is 490 g/mol.